The lowest BCUT2D eigenvalue weighted by Gasteiger charge is -2.36. The summed E-state index contributed by atoms with van der Waals surface area (Å²) in [6, 6.07) is 7.77. The van der Waals surface area contributed by atoms with E-state index >= 15 is 0 Å². The van der Waals surface area contributed by atoms with Crippen molar-refractivity contribution in [3.05, 3.63) is 29.8 Å². The number of rotatable bonds is 7. The number of benzene rings is 1. The Morgan fingerprint density at radius 3 is 2.73 bits per heavy atom. The summed E-state index contributed by atoms with van der Waals surface area (Å²) in [5.41, 5.74) is 1.04. The first-order valence-corrected chi connectivity index (χ1v) is 7.83. The number of aliphatic hydroxyl groups excluding tert-OH is 1. The summed E-state index contributed by atoms with van der Waals surface area (Å²) in [6.45, 7) is 7.27. The molecule has 1 N–H and O–H groups in total. The van der Waals surface area contributed by atoms with E-state index in [-0.39, 0.29) is 12.2 Å². The molecule has 5 heteroatoms. The maximum Gasteiger partial charge on any atom is 0.119 e. The number of hydrogen-bond acceptors (Lipinski definition) is 5. The van der Waals surface area contributed by atoms with Crippen LogP contribution in [0, 0.1) is 0 Å². The Hall–Kier alpha value is -1.14. The van der Waals surface area contributed by atoms with E-state index in [0.29, 0.717) is 19.8 Å². The molecule has 1 aliphatic heterocycles. The van der Waals surface area contributed by atoms with Gasteiger partial charge in [0.2, 0.25) is 0 Å². The Bertz CT molecular complexity index is 444. The Morgan fingerprint density at radius 1 is 1.32 bits per heavy atom. The van der Waals surface area contributed by atoms with E-state index in [1.807, 2.05) is 24.3 Å². The molecule has 0 unspecified atom stereocenters. The molecule has 0 radical (unpaired) electrons. The smallest absolute Gasteiger partial charge is 0.119 e. The lowest BCUT2D eigenvalue weighted by molar-refractivity contribution is -0.0826. The summed E-state index contributed by atoms with van der Waals surface area (Å²) in [7, 11) is 1.65. The van der Waals surface area contributed by atoms with Gasteiger partial charge in [-0.3, -0.25) is 4.90 Å². The molecule has 2 rings (SSSR count). The predicted octanol–water partition coefficient (Wildman–Crippen LogP) is 1.68. The van der Waals surface area contributed by atoms with Gasteiger partial charge < -0.3 is 19.3 Å². The second kappa shape index (κ2) is 8.48. The standard InChI is InChI=1S/C17H27NO4/c1-13-8-18(9-14(2)22-13)10-16(19)12-21-11-15-5-4-6-17(7-15)20-3/h4-7,13-14,16,19H,8-12H2,1-3H3/t13-,14+,16-/m0/s1. The molecule has 1 aromatic rings. The molecule has 0 spiro atoms. The zero-order valence-electron chi connectivity index (χ0n) is 13.7. The van der Waals surface area contributed by atoms with E-state index in [4.69, 9.17) is 14.2 Å². The van der Waals surface area contributed by atoms with Crippen LogP contribution in [0.2, 0.25) is 0 Å². The molecule has 0 amide bonds. The summed E-state index contributed by atoms with van der Waals surface area (Å²) in [6.07, 6.45) is -0.0505. The summed E-state index contributed by atoms with van der Waals surface area (Å²) >= 11 is 0. The predicted molar refractivity (Wildman–Crippen MR) is 85.1 cm³/mol. The third-order valence-electron chi connectivity index (χ3n) is 3.68. The lowest BCUT2D eigenvalue weighted by atomic mass is 10.2. The normalized spacial score (nSPS) is 24.2. The van der Waals surface area contributed by atoms with Crippen molar-refractivity contribution in [1.82, 2.24) is 4.90 Å². The van der Waals surface area contributed by atoms with E-state index in [1.54, 1.807) is 7.11 Å². The van der Waals surface area contributed by atoms with Gasteiger partial charge in [0.25, 0.3) is 0 Å². The Kier molecular flexibility index (Phi) is 6.64. The minimum Gasteiger partial charge on any atom is -0.497 e. The number of morpholine rings is 1. The quantitative estimate of drug-likeness (QED) is 0.830. The van der Waals surface area contributed by atoms with Crippen LogP contribution >= 0.6 is 0 Å². The van der Waals surface area contributed by atoms with Crippen molar-refractivity contribution in [2.24, 2.45) is 0 Å². The number of nitrogens with zero attached hydrogens (tertiary/aromatic N) is 1. The molecule has 0 bridgehead atoms. The number of hydrogen-bond donors (Lipinski definition) is 1. The number of aliphatic hydroxyl groups is 1. The number of ether oxygens (including phenoxy) is 3. The fourth-order valence-electron chi connectivity index (χ4n) is 2.86. The van der Waals surface area contributed by atoms with Crippen LogP contribution in [0.3, 0.4) is 0 Å². The van der Waals surface area contributed by atoms with Crippen LogP contribution in [0.25, 0.3) is 0 Å². The van der Waals surface area contributed by atoms with Crippen molar-refractivity contribution in [2.45, 2.75) is 38.8 Å². The molecule has 0 aliphatic carbocycles. The number of methoxy groups -OCH3 is 1. The van der Waals surface area contributed by atoms with E-state index in [2.05, 4.69) is 18.7 Å². The van der Waals surface area contributed by atoms with Crippen molar-refractivity contribution in [2.75, 3.05) is 33.4 Å². The van der Waals surface area contributed by atoms with Crippen molar-refractivity contribution in [3.8, 4) is 5.75 Å². The van der Waals surface area contributed by atoms with Gasteiger partial charge in [-0.2, -0.15) is 0 Å². The molecule has 22 heavy (non-hydrogen) atoms. The van der Waals surface area contributed by atoms with Gasteiger partial charge in [0.1, 0.15) is 5.75 Å². The van der Waals surface area contributed by atoms with Crippen LogP contribution in [-0.4, -0.2) is 61.7 Å². The fourth-order valence-corrected chi connectivity index (χ4v) is 2.86. The van der Waals surface area contributed by atoms with Crippen LogP contribution in [-0.2, 0) is 16.1 Å². The van der Waals surface area contributed by atoms with Crippen LogP contribution in [0.15, 0.2) is 24.3 Å². The van der Waals surface area contributed by atoms with Crippen LogP contribution < -0.4 is 4.74 Å². The van der Waals surface area contributed by atoms with Gasteiger partial charge in [-0.25, -0.2) is 0 Å². The third kappa shape index (κ3) is 5.57. The molecule has 1 saturated heterocycles. The summed E-state index contributed by atoms with van der Waals surface area (Å²) in [4.78, 5) is 2.23. The molecule has 1 heterocycles. The molecular formula is C17H27NO4. The van der Waals surface area contributed by atoms with Gasteiger partial charge in [0.15, 0.2) is 0 Å². The zero-order chi connectivity index (χ0) is 15.9. The van der Waals surface area contributed by atoms with Gasteiger partial charge >= 0.3 is 0 Å². The monoisotopic (exact) mass is 309 g/mol. The zero-order valence-corrected chi connectivity index (χ0v) is 13.7. The molecule has 5 nitrogen and oxygen atoms in total. The molecule has 1 aliphatic rings. The third-order valence-corrected chi connectivity index (χ3v) is 3.68. The van der Waals surface area contributed by atoms with Crippen molar-refractivity contribution >= 4 is 0 Å². The molecular weight excluding hydrogens is 282 g/mol. The second-order valence-electron chi connectivity index (χ2n) is 6.00. The maximum atomic E-state index is 10.1. The van der Waals surface area contributed by atoms with Crippen LogP contribution in [0.1, 0.15) is 19.4 Å². The second-order valence-corrected chi connectivity index (χ2v) is 6.00. The van der Waals surface area contributed by atoms with E-state index in [0.717, 1.165) is 24.4 Å². The first-order chi connectivity index (χ1) is 10.6. The van der Waals surface area contributed by atoms with Gasteiger partial charge in [-0.15, -0.1) is 0 Å². The Morgan fingerprint density at radius 2 is 2.05 bits per heavy atom. The van der Waals surface area contributed by atoms with Gasteiger partial charge in [0, 0.05) is 19.6 Å². The highest BCUT2D eigenvalue weighted by atomic mass is 16.5. The molecule has 0 aromatic heterocycles. The SMILES string of the molecule is COc1cccc(COC[C@@H](O)CN2C[C@@H](C)O[C@@H](C)C2)c1. The minimum absolute atomic E-state index is 0.216. The van der Waals surface area contributed by atoms with E-state index < -0.39 is 6.10 Å². The fraction of sp³-hybridized carbons (Fsp3) is 0.647. The summed E-state index contributed by atoms with van der Waals surface area (Å²) < 4.78 is 16.5. The molecule has 1 fully saturated rings. The van der Waals surface area contributed by atoms with Gasteiger partial charge in [-0.1, -0.05) is 12.1 Å². The maximum absolute atomic E-state index is 10.1. The molecule has 0 saturated carbocycles. The average Bonchev–Trinajstić information content (AvgIpc) is 2.46. The molecule has 124 valence electrons. The average molecular weight is 309 g/mol. The summed E-state index contributed by atoms with van der Waals surface area (Å²) in [5, 5.41) is 10.1. The first-order valence-electron chi connectivity index (χ1n) is 7.83. The van der Waals surface area contributed by atoms with E-state index in [1.165, 1.54) is 0 Å². The summed E-state index contributed by atoms with van der Waals surface area (Å²) in [5.74, 6) is 0.818. The van der Waals surface area contributed by atoms with Gasteiger partial charge in [-0.05, 0) is 31.5 Å². The van der Waals surface area contributed by atoms with Crippen LogP contribution in [0.5, 0.6) is 5.75 Å². The highest BCUT2D eigenvalue weighted by Gasteiger charge is 2.23. The first kappa shape index (κ1) is 17.2. The van der Waals surface area contributed by atoms with Crippen molar-refractivity contribution < 1.29 is 19.3 Å². The van der Waals surface area contributed by atoms with E-state index in [9.17, 15) is 5.11 Å². The molecule has 1 aromatic carbocycles. The van der Waals surface area contributed by atoms with Crippen molar-refractivity contribution in [3.63, 3.8) is 0 Å². The van der Waals surface area contributed by atoms with Gasteiger partial charge in [0.05, 0.1) is 38.6 Å². The highest BCUT2D eigenvalue weighted by molar-refractivity contribution is 5.27. The number of β-amino-alcohol motifs (C(OH)–C–C–N with tert-alkyl or cyclic N) is 1. The van der Waals surface area contributed by atoms with Crippen molar-refractivity contribution in [1.29, 1.82) is 0 Å². The topological polar surface area (TPSA) is 51.2 Å². The molecule has 3 atom stereocenters. The largest absolute Gasteiger partial charge is 0.497 e. The lowest BCUT2D eigenvalue weighted by Crippen LogP contribution is -2.48. The minimum atomic E-state index is -0.483. The highest BCUT2D eigenvalue weighted by Crippen LogP contribution is 2.14. The van der Waals surface area contributed by atoms with Crippen LogP contribution in [0.4, 0.5) is 0 Å². The Labute approximate surface area is 132 Å². The Balaban J connectivity index is 1.70.